The van der Waals surface area contributed by atoms with Crippen molar-refractivity contribution in [3.8, 4) is 0 Å². The van der Waals surface area contributed by atoms with Crippen LogP contribution in [-0.4, -0.2) is 22.9 Å². The molecule has 0 saturated heterocycles. The van der Waals surface area contributed by atoms with Crippen LogP contribution < -0.4 is 10.2 Å². The number of anilines is 2. The minimum absolute atomic E-state index is 0.0326. The molecule has 1 aromatic heterocycles. The number of amides is 1. The first-order valence-corrected chi connectivity index (χ1v) is 14.6. The van der Waals surface area contributed by atoms with Crippen LogP contribution in [0.2, 0.25) is 0 Å². The summed E-state index contributed by atoms with van der Waals surface area (Å²) in [5.74, 6) is 0.978. The molecule has 2 atom stereocenters. The molecular weight excluding hydrogens is 540 g/mol. The molecule has 4 nitrogen and oxygen atoms in total. The van der Waals surface area contributed by atoms with Gasteiger partial charge in [-0.05, 0) is 60.4 Å². The minimum Gasteiger partial charge on any atom is -0.347 e. The van der Waals surface area contributed by atoms with Gasteiger partial charge in [0.25, 0.3) is 5.91 Å². The lowest BCUT2D eigenvalue weighted by atomic mass is 9.72. The van der Waals surface area contributed by atoms with Crippen molar-refractivity contribution in [2.45, 2.75) is 45.5 Å². The number of nitrogens with one attached hydrogen (secondary N) is 1. The number of hydrogen-bond donors (Lipinski definition) is 1. The molecule has 2 aromatic carbocycles. The summed E-state index contributed by atoms with van der Waals surface area (Å²) in [5.41, 5.74) is 3.47. The summed E-state index contributed by atoms with van der Waals surface area (Å²) in [6, 6.07) is 17.2. The number of thioether (sulfide) groups is 1. The van der Waals surface area contributed by atoms with Gasteiger partial charge in [0, 0.05) is 20.6 Å². The predicted molar refractivity (Wildman–Crippen MR) is 151 cm³/mol. The Hall–Kier alpha value is -2.09. The number of nitrogens with zero attached hydrogens (tertiary/aromatic N) is 1. The summed E-state index contributed by atoms with van der Waals surface area (Å²) in [4.78, 5) is 30.0. The minimum atomic E-state index is -0.352. The highest BCUT2D eigenvalue weighted by Gasteiger charge is 2.40. The van der Waals surface area contributed by atoms with E-state index in [2.05, 4.69) is 42.0 Å². The van der Waals surface area contributed by atoms with E-state index in [9.17, 15) is 9.59 Å². The maximum absolute atomic E-state index is 14.0. The van der Waals surface area contributed by atoms with Gasteiger partial charge in [-0.25, -0.2) is 0 Å². The summed E-state index contributed by atoms with van der Waals surface area (Å²) >= 11 is 6.62. The third-order valence-corrected chi connectivity index (χ3v) is 9.77. The van der Waals surface area contributed by atoms with Crippen LogP contribution in [0.1, 0.15) is 58.3 Å². The average molecular weight is 570 g/mol. The van der Waals surface area contributed by atoms with E-state index in [4.69, 9.17) is 0 Å². The Morgan fingerprint density at radius 2 is 1.86 bits per heavy atom. The second-order valence-corrected chi connectivity index (χ2v) is 13.4. The number of Topliss-reactive ketones (excluding diaryl/α,β-unsaturated/α-hetero) is 1. The number of benzene rings is 2. The normalized spacial score (nSPS) is 19.7. The van der Waals surface area contributed by atoms with Gasteiger partial charge in [0.05, 0.1) is 11.3 Å². The Bertz CT molecular complexity index is 1250. The molecule has 7 heteroatoms. The number of ketones is 1. The van der Waals surface area contributed by atoms with Crippen molar-refractivity contribution < 1.29 is 9.59 Å². The lowest BCUT2D eigenvalue weighted by Gasteiger charge is -2.37. The van der Waals surface area contributed by atoms with Crippen LogP contribution in [0.5, 0.6) is 0 Å². The quantitative estimate of drug-likeness (QED) is 0.321. The molecule has 2 aliphatic rings. The smallest absolute Gasteiger partial charge is 0.263 e. The lowest BCUT2D eigenvalue weighted by Crippen LogP contribution is -2.47. The molecule has 35 heavy (non-hydrogen) atoms. The number of fused-ring (bicyclic) bond motifs is 3. The zero-order valence-electron chi connectivity index (χ0n) is 20.1. The van der Waals surface area contributed by atoms with Crippen LogP contribution >= 0.6 is 39.0 Å². The van der Waals surface area contributed by atoms with Gasteiger partial charge in [-0.3, -0.25) is 14.5 Å². The van der Waals surface area contributed by atoms with Gasteiger partial charge in [-0.2, -0.15) is 0 Å². The van der Waals surface area contributed by atoms with Crippen molar-refractivity contribution >= 4 is 61.4 Å². The number of para-hydroxylation sites is 1. The maximum Gasteiger partial charge on any atom is 0.263 e. The molecule has 3 aromatic rings. The van der Waals surface area contributed by atoms with Crippen LogP contribution in [0.25, 0.3) is 0 Å². The Balaban J connectivity index is 1.44. The summed E-state index contributed by atoms with van der Waals surface area (Å²) in [6.07, 6.45) is 3.08. The van der Waals surface area contributed by atoms with Crippen LogP contribution in [0.3, 0.4) is 0 Å². The summed E-state index contributed by atoms with van der Waals surface area (Å²) < 4.78 is 0.944. The monoisotopic (exact) mass is 568 g/mol. The topological polar surface area (TPSA) is 49.4 Å². The first kappa shape index (κ1) is 24.6. The van der Waals surface area contributed by atoms with Gasteiger partial charge in [0.1, 0.15) is 5.00 Å². The number of carbonyl (C=O) groups excluding carboxylic acids is 2. The van der Waals surface area contributed by atoms with Crippen molar-refractivity contribution in [2.24, 2.45) is 11.3 Å². The summed E-state index contributed by atoms with van der Waals surface area (Å²) in [6.45, 7) is 6.93. The Kier molecular flexibility index (Phi) is 6.85. The molecule has 0 unspecified atom stereocenters. The molecule has 2 heterocycles. The molecule has 5 rings (SSSR count). The van der Waals surface area contributed by atoms with Gasteiger partial charge in [0.2, 0.25) is 0 Å². The molecule has 1 N–H and O–H groups in total. The van der Waals surface area contributed by atoms with Gasteiger partial charge in [0.15, 0.2) is 11.3 Å². The molecule has 1 aliphatic heterocycles. The Morgan fingerprint density at radius 3 is 2.54 bits per heavy atom. The molecule has 0 radical (unpaired) electrons. The van der Waals surface area contributed by atoms with E-state index < -0.39 is 0 Å². The van der Waals surface area contributed by atoms with E-state index in [0.29, 0.717) is 11.5 Å². The number of thiophene rings is 1. The van der Waals surface area contributed by atoms with E-state index >= 15 is 0 Å². The Morgan fingerprint density at radius 1 is 1.14 bits per heavy atom. The van der Waals surface area contributed by atoms with Crippen molar-refractivity contribution in [1.82, 2.24) is 0 Å². The Labute approximate surface area is 223 Å². The highest BCUT2D eigenvalue weighted by Crippen LogP contribution is 2.47. The number of halogens is 1. The number of rotatable bonds is 5. The highest BCUT2D eigenvalue weighted by molar-refractivity contribution is 9.10. The van der Waals surface area contributed by atoms with Crippen LogP contribution in [-0.2, 0) is 12.8 Å². The molecule has 1 aliphatic carbocycles. The second-order valence-electron chi connectivity index (χ2n) is 10.3. The fraction of sp³-hybridized carbons (Fsp3) is 0.357. The van der Waals surface area contributed by atoms with E-state index in [1.165, 1.54) is 22.2 Å². The van der Waals surface area contributed by atoms with Crippen molar-refractivity contribution in [2.75, 3.05) is 16.0 Å². The third kappa shape index (κ3) is 4.95. The molecule has 0 fully saturated rings. The zero-order chi connectivity index (χ0) is 24.7. The fourth-order valence-electron chi connectivity index (χ4n) is 4.89. The largest absolute Gasteiger partial charge is 0.347 e. The van der Waals surface area contributed by atoms with Crippen LogP contribution in [0, 0.1) is 11.3 Å². The van der Waals surface area contributed by atoms with E-state index in [1.807, 2.05) is 59.5 Å². The number of carbonyl (C=O) groups is 2. The molecule has 182 valence electrons. The number of hydrogen-bond acceptors (Lipinski definition) is 5. The fourth-order valence-corrected chi connectivity index (χ4v) is 7.61. The first-order chi connectivity index (χ1) is 16.7. The zero-order valence-corrected chi connectivity index (χ0v) is 23.4. The molecule has 0 saturated carbocycles. The summed E-state index contributed by atoms with van der Waals surface area (Å²) in [7, 11) is 0. The molecule has 1 amide bonds. The van der Waals surface area contributed by atoms with Crippen LogP contribution in [0.4, 0.5) is 10.7 Å². The van der Waals surface area contributed by atoms with E-state index in [1.54, 1.807) is 11.3 Å². The van der Waals surface area contributed by atoms with Gasteiger partial charge < -0.3 is 5.32 Å². The van der Waals surface area contributed by atoms with Crippen LogP contribution in [0.15, 0.2) is 59.1 Å². The third-order valence-electron chi connectivity index (χ3n) is 6.98. The van der Waals surface area contributed by atoms with Gasteiger partial charge >= 0.3 is 0 Å². The second kappa shape index (κ2) is 9.75. The SMILES string of the molecule is CC(C)(C)[C@@H]1CCc2c(sc3c2C(=O)N(c2ccccc2)[C@H](SCC(=O)c2ccc(Br)cc2)N3)C1. The lowest BCUT2D eigenvalue weighted by molar-refractivity contribution is 0.0978. The maximum atomic E-state index is 14.0. The predicted octanol–water partition coefficient (Wildman–Crippen LogP) is 7.63. The first-order valence-electron chi connectivity index (χ1n) is 11.9. The highest BCUT2D eigenvalue weighted by atomic mass is 79.9. The summed E-state index contributed by atoms with van der Waals surface area (Å²) in [5, 5.41) is 4.58. The standard InChI is InChI=1S/C28H29BrN2O2S2/c1-28(2,3)18-11-14-21-23(15-18)35-25-24(21)26(33)31(20-7-5-4-6-8-20)27(30-25)34-16-22(32)17-9-12-19(29)13-10-17/h4-10,12-13,18,27,30H,11,14-16H2,1-3H3/t18-,27-/m1/s1. The molecule has 0 bridgehead atoms. The van der Waals surface area contributed by atoms with Gasteiger partial charge in [-0.15, -0.1) is 23.1 Å². The van der Waals surface area contributed by atoms with E-state index in [-0.39, 0.29) is 28.4 Å². The van der Waals surface area contributed by atoms with Gasteiger partial charge in [-0.1, -0.05) is 67.0 Å². The van der Waals surface area contributed by atoms with Crippen molar-refractivity contribution in [1.29, 1.82) is 0 Å². The average Bonchev–Trinajstić information content (AvgIpc) is 3.21. The van der Waals surface area contributed by atoms with Crippen molar-refractivity contribution in [3.63, 3.8) is 0 Å². The van der Waals surface area contributed by atoms with Crippen molar-refractivity contribution in [3.05, 3.63) is 80.6 Å². The molecule has 0 spiro atoms. The molecular formula is C28H29BrN2O2S2. The van der Waals surface area contributed by atoms with E-state index in [0.717, 1.165) is 40.0 Å².